The summed E-state index contributed by atoms with van der Waals surface area (Å²) in [5.41, 5.74) is 4.19. The molecule has 3 heterocycles. The van der Waals surface area contributed by atoms with Crippen LogP contribution in [0.4, 0.5) is 5.82 Å². The molecule has 7 heteroatoms. The summed E-state index contributed by atoms with van der Waals surface area (Å²) in [6.07, 6.45) is 3.70. The first-order valence-corrected chi connectivity index (χ1v) is 8.38. The Morgan fingerprint density at radius 1 is 1.20 bits per heavy atom. The van der Waals surface area contributed by atoms with Gasteiger partial charge in [0.05, 0.1) is 28.9 Å². The first kappa shape index (κ1) is 15.6. The second-order valence-corrected chi connectivity index (χ2v) is 6.55. The van der Waals surface area contributed by atoms with Crippen LogP contribution >= 0.6 is 0 Å². The average molecular weight is 335 g/mol. The van der Waals surface area contributed by atoms with Crippen molar-refractivity contribution < 1.29 is 0 Å². The number of imidazole rings is 1. The second-order valence-electron chi connectivity index (χ2n) is 6.55. The fraction of sp³-hybridized carbons (Fsp3) is 0.333. The van der Waals surface area contributed by atoms with Crippen LogP contribution in [-0.2, 0) is 13.6 Å². The molecule has 0 atom stereocenters. The van der Waals surface area contributed by atoms with E-state index in [1.165, 1.54) is 5.56 Å². The third kappa shape index (κ3) is 2.71. The number of hydrogen-bond donors (Lipinski definition) is 1. The molecule has 0 saturated carbocycles. The molecule has 0 aliphatic heterocycles. The lowest BCUT2D eigenvalue weighted by molar-refractivity contribution is 0.617. The topological polar surface area (TPSA) is 73.5 Å². The normalized spacial score (nSPS) is 11.7. The Labute approximate surface area is 145 Å². The minimum Gasteiger partial charge on any atom is -0.365 e. The summed E-state index contributed by atoms with van der Waals surface area (Å²) in [4.78, 5) is 13.5. The van der Waals surface area contributed by atoms with Gasteiger partial charge in [-0.15, -0.1) is 0 Å². The van der Waals surface area contributed by atoms with E-state index >= 15 is 0 Å². The largest absolute Gasteiger partial charge is 0.365 e. The molecule has 1 aromatic carbocycles. The van der Waals surface area contributed by atoms with Crippen molar-refractivity contribution in [1.82, 2.24) is 29.3 Å². The Hall–Kier alpha value is -2.96. The highest BCUT2D eigenvalue weighted by Crippen LogP contribution is 2.22. The van der Waals surface area contributed by atoms with Gasteiger partial charge in [-0.3, -0.25) is 4.68 Å². The number of aryl methyl sites for hydroxylation is 2. The number of aromatic nitrogens is 6. The monoisotopic (exact) mass is 335 g/mol. The maximum Gasteiger partial charge on any atom is 0.163 e. The number of hydrogen-bond acceptors (Lipinski definition) is 5. The van der Waals surface area contributed by atoms with E-state index in [-0.39, 0.29) is 0 Å². The minimum atomic E-state index is 0.382. The SMILES string of the molecule is Cc1nc(NCc2ccc3ncn(C(C)C)c3c2)c2cnn(C)c2n1. The zero-order chi connectivity index (χ0) is 17.6. The fourth-order valence-electron chi connectivity index (χ4n) is 3.04. The van der Waals surface area contributed by atoms with E-state index in [2.05, 4.69) is 62.0 Å². The van der Waals surface area contributed by atoms with Crippen LogP contribution < -0.4 is 5.32 Å². The van der Waals surface area contributed by atoms with Crippen LogP contribution in [0.15, 0.2) is 30.7 Å². The van der Waals surface area contributed by atoms with Crippen LogP contribution in [-0.4, -0.2) is 29.3 Å². The summed E-state index contributed by atoms with van der Waals surface area (Å²) >= 11 is 0. The molecule has 1 N–H and O–H groups in total. The minimum absolute atomic E-state index is 0.382. The molecule has 0 radical (unpaired) electrons. The van der Waals surface area contributed by atoms with Gasteiger partial charge in [0.2, 0.25) is 0 Å². The Kier molecular flexibility index (Phi) is 3.63. The highest BCUT2D eigenvalue weighted by Gasteiger charge is 2.10. The Morgan fingerprint density at radius 2 is 2.04 bits per heavy atom. The van der Waals surface area contributed by atoms with Gasteiger partial charge in [-0.05, 0) is 38.5 Å². The van der Waals surface area contributed by atoms with Gasteiger partial charge in [0.1, 0.15) is 11.6 Å². The first-order valence-electron chi connectivity index (χ1n) is 8.38. The van der Waals surface area contributed by atoms with Crippen molar-refractivity contribution in [3.63, 3.8) is 0 Å². The second kappa shape index (κ2) is 5.84. The standard InChI is InChI=1S/C18H21N7/c1-11(2)25-10-20-15-6-5-13(7-16(15)25)8-19-17-14-9-21-24(4)18(14)23-12(3)22-17/h5-7,9-11H,8H2,1-4H3,(H,19,22,23). The predicted molar refractivity (Wildman–Crippen MR) is 98.5 cm³/mol. The molecule has 0 bridgehead atoms. The Balaban J connectivity index is 1.65. The number of nitrogens with zero attached hydrogens (tertiary/aromatic N) is 6. The summed E-state index contributed by atoms with van der Waals surface area (Å²) in [5, 5.41) is 8.64. The molecular formula is C18H21N7. The van der Waals surface area contributed by atoms with Crippen molar-refractivity contribution >= 4 is 27.9 Å². The molecular weight excluding hydrogens is 314 g/mol. The lowest BCUT2D eigenvalue weighted by Crippen LogP contribution is -2.05. The average Bonchev–Trinajstić information content (AvgIpc) is 3.16. The van der Waals surface area contributed by atoms with Gasteiger partial charge in [0.25, 0.3) is 0 Å². The van der Waals surface area contributed by atoms with Crippen molar-refractivity contribution in [2.24, 2.45) is 7.05 Å². The van der Waals surface area contributed by atoms with Crippen molar-refractivity contribution in [3.05, 3.63) is 42.1 Å². The Morgan fingerprint density at radius 3 is 2.84 bits per heavy atom. The van der Waals surface area contributed by atoms with Crippen LogP contribution in [0, 0.1) is 6.92 Å². The summed E-state index contributed by atoms with van der Waals surface area (Å²) < 4.78 is 3.95. The highest BCUT2D eigenvalue weighted by atomic mass is 15.3. The number of anilines is 1. The van der Waals surface area contributed by atoms with E-state index in [9.17, 15) is 0 Å². The third-order valence-corrected chi connectivity index (χ3v) is 4.36. The van der Waals surface area contributed by atoms with Gasteiger partial charge >= 0.3 is 0 Å². The molecule has 0 unspecified atom stereocenters. The van der Waals surface area contributed by atoms with Crippen LogP contribution in [0.2, 0.25) is 0 Å². The molecule has 3 aromatic heterocycles. The molecule has 0 saturated heterocycles. The maximum atomic E-state index is 4.53. The fourth-order valence-corrected chi connectivity index (χ4v) is 3.04. The van der Waals surface area contributed by atoms with Gasteiger partial charge in [-0.1, -0.05) is 6.07 Å². The smallest absolute Gasteiger partial charge is 0.163 e. The molecule has 7 nitrogen and oxygen atoms in total. The molecule has 128 valence electrons. The molecule has 4 rings (SSSR count). The number of rotatable bonds is 4. The highest BCUT2D eigenvalue weighted by molar-refractivity contribution is 5.86. The quantitative estimate of drug-likeness (QED) is 0.620. The van der Waals surface area contributed by atoms with Crippen molar-refractivity contribution in [1.29, 1.82) is 0 Å². The van der Waals surface area contributed by atoms with Gasteiger partial charge in [0, 0.05) is 19.6 Å². The third-order valence-electron chi connectivity index (χ3n) is 4.36. The molecule has 0 spiro atoms. The molecule has 0 aliphatic carbocycles. The predicted octanol–water partition coefficient (Wildman–Crippen LogP) is 3.21. The zero-order valence-corrected chi connectivity index (χ0v) is 14.9. The van der Waals surface area contributed by atoms with E-state index < -0.39 is 0 Å². The molecule has 0 fully saturated rings. The van der Waals surface area contributed by atoms with E-state index in [4.69, 9.17) is 0 Å². The lowest BCUT2D eigenvalue weighted by Gasteiger charge is -2.10. The van der Waals surface area contributed by atoms with Crippen LogP contribution in [0.1, 0.15) is 31.3 Å². The van der Waals surface area contributed by atoms with E-state index in [0.717, 1.165) is 33.7 Å². The first-order chi connectivity index (χ1) is 12.0. The van der Waals surface area contributed by atoms with Crippen LogP contribution in [0.3, 0.4) is 0 Å². The molecule has 25 heavy (non-hydrogen) atoms. The van der Waals surface area contributed by atoms with Crippen LogP contribution in [0.5, 0.6) is 0 Å². The number of nitrogens with one attached hydrogen (secondary N) is 1. The summed E-state index contributed by atoms with van der Waals surface area (Å²) in [6.45, 7) is 6.90. The van der Waals surface area contributed by atoms with Gasteiger partial charge in [0.15, 0.2) is 5.65 Å². The van der Waals surface area contributed by atoms with E-state index in [0.29, 0.717) is 12.6 Å². The van der Waals surface area contributed by atoms with Crippen molar-refractivity contribution in [3.8, 4) is 0 Å². The number of benzene rings is 1. The van der Waals surface area contributed by atoms with Gasteiger partial charge in [-0.2, -0.15) is 5.10 Å². The van der Waals surface area contributed by atoms with E-state index in [1.807, 2.05) is 20.3 Å². The Bertz CT molecular complexity index is 1060. The molecule has 0 amide bonds. The zero-order valence-electron chi connectivity index (χ0n) is 14.9. The lowest BCUT2D eigenvalue weighted by atomic mass is 10.2. The van der Waals surface area contributed by atoms with Crippen molar-refractivity contribution in [2.75, 3.05) is 5.32 Å². The molecule has 4 aromatic rings. The molecule has 0 aliphatic rings. The summed E-state index contributed by atoms with van der Waals surface area (Å²) in [5.74, 6) is 1.54. The van der Waals surface area contributed by atoms with Crippen molar-refractivity contribution in [2.45, 2.75) is 33.4 Å². The van der Waals surface area contributed by atoms with Crippen LogP contribution in [0.25, 0.3) is 22.1 Å². The summed E-state index contributed by atoms with van der Waals surface area (Å²) in [7, 11) is 1.89. The summed E-state index contributed by atoms with van der Waals surface area (Å²) in [6, 6.07) is 6.73. The maximum absolute atomic E-state index is 4.53. The van der Waals surface area contributed by atoms with Gasteiger partial charge in [-0.25, -0.2) is 15.0 Å². The number of fused-ring (bicyclic) bond motifs is 2. The van der Waals surface area contributed by atoms with Gasteiger partial charge < -0.3 is 9.88 Å². The van der Waals surface area contributed by atoms with E-state index in [1.54, 1.807) is 10.9 Å².